The molecule has 84 valence electrons. The summed E-state index contributed by atoms with van der Waals surface area (Å²) in [6, 6.07) is 1.94. The van der Waals surface area contributed by atoms with E-state index in [-0.39, 0.29) is 0 Å². The first-order valence-corrected chi connectivity index (χ1v) is 5.45. The van der Waals surface area contributed by atoms with E-state index in [2.05, 4.69) is 34.2 Å². The maximum Gasteiger partial charge on any atom is 0.132 e. The molecule has 0 aliphatic carbocycles. The molecule has 1 N–H and O–H groups in total. The Kier molecular flexibility index (Phi) is 5.04. The van der Waals surface area contributed by atoms with Gasteiger partial charge in [0, 0.05) is 26.3 Å². The smallest absolute Gasteiger partial charge is 0.132 e. The van der Waals surface area contributed by atoms with E-state index in [1.165, 1.54) is 6.42 Å². The van der Waals surface area contributed by atoms with E-state index in [1.807, 2.05) is 13.0 Å². The summed E-state index contributed by atoms with van der Waals surface area (Å²) < 4.78 is 0. The molecule has 0 aliphatic heterocycles. The highest BCUT2D eigenvalue weighted by molar-refractivity contribution is 5.35. The van der Waals surface area contributed by atoms with Gasteiger partial charge in [0.05, 0.1) is 0 Å². The molecular formula is C11H20N4. The maximum absolute atomic E-state index is 4.36. The number of aromatic nitrogens is 2. The van der Waals surface area contributed by atoms with Gasteiger partial charge in [0.1, 0.15) is 11.6 Å². The van der Waals surface area contributed by atoms with Gasteiger partial charge < -0.3 is 10.2 Å². The number of anilines is 1. The fourth-order valence-corrected chi connectivity index (χ4v) is 1.32. The van der Waals surface area contributed by atoms with Gasteiger partial charge in [-0.3, -0.25) is 0 Å². The molecule has 0 radical (unpaired) electrons. The van der Waals surface area contributed by atoms with E-state index in [9.17, 15) is 0 Å². The number of hydrogen-bond acceptors (Lipinski definition) is 4. The zero-order valence-corrected chi connectivity index (χ0v) is 9.82. The van der Waals surface area contributed by atoms with Crippen LogP contribution < -0.4 is 10.2 Å². The van der Waals surface area contributed by atoms with Crippen molar-refractivity contribution in [2.45, 2.75) is 20.3 Å². The molecule has 0 amide bonds. The van der Waals surface area contributed by atoms with Gasteiger partial charge in [0.2, 0.25) is 0 Å². The quantitative estimate of drug-likeness (QED) is 0.714. The van der Waals surface area contributed by atoms with E-state index >= 15 is 0 Å². The average Bonchev–Trinajstić information content (AvgIpc) is 2.24. The summed E-state index contributed by atoms with van der Waals surface area (Å²) in [5.41, 5.74) is 0. The summed E-state index contributed by atoms with van der Waals surface area (Å²) in [7, 11) is 2.05. The fourth-order valence-electron chi connectivity index (χ4n) is 1.32. The molecule has 0 bridgehead atoms. The van der Waals surface area contributed by atoms with Gasteiger partial charge >= 0.3 is 0 Å². The van der Waals surface area contributed by atoms with Crippen LogP contribution in [0, 0.1) is 6.92 Å². The van der Waals surface area contributed by atoms with Crippen LogP contribution in [0.1, 0.15) is 19.2 Å². The first-order valence-electron chi connectivity index (χ1n) is 5.45. The van der Waals surface area contributed by atoms with E-state index in [0.29, 0.717) is 0 Å². The molecular weight excluding hydrogens is 188 g/mol. The summed E-state index contributed by atoms with van der Waals surface area (Å²) >= 11 is 0. The zero-order valence-electron chi connectivity index (χ0n) is 9.82. The number of hydrogen-bond donors (Lipinski definition) is 1. The van der Waals surface area contributed by atoms with E-state index in [0.717, 1.165) is 31.3 Å². The second-order valence-electron chi connectivity index (χ2n) is 3.63. The van der Waals surface area contributed by atoms with Crippen LogP contribution in [-0.4, -0.2) is 36.6 Å². The first kappa shape index (κ1) is 11.9. The molecule has 0 aromatic carbocycles. The van der Waals surface area contributed by atoms with Crippen LogP contribution in [0.4, 0.5) is 5.82 Å². The lowest BCUT2D eigenvalue weighted by Gasteiger charge is -2.18. The molecule has 0 spiro atoms. The van der Waals surface area contributed by atoms with Crippen molar-refractivity contribution in [1.82, 2.24) is 15.3 Å². The molecule has 1 heterocycles. The minimum absolute atomic E-state index is 0.820. The molecule has 0 saturated heterocycles. The van der Waals surface area contributed by atoms with Crippen molar-refractivity contribution < 1.29 is 0 Å². The van der Waals surface area contributed by atoms with Crippen LogP contribution in [0.2, 0.25) is 0 Å². The Morgan fingerprint density at radius 2 is 2.20 bits per heavy atom. The van der Waals surface area contributed by atoms with Crippen LogP contribution >= 0.6 is 0 Å². The topological polar surface area (TPSA) is 41.0 Å². The molecule has 0 unspecified atom stereocenters. The first-order chi connectivity index (χ1) is 7.24. The van der Waals surface area contributed by atoms with Crippen LogP contribution in [0.15, 0.2) is 12.3 Å². The Morgan fingerprint density at radius 1 is 1.40 bits per heavy atom. The fraction of sp³-hybridized carbons (Fsp3) is 0.636. The van der Waals surface area contributed by atoms with Gasteiger partial charge in [-0.1, -0.05) is 6.92 Å². The predicted molar refractivity (Wildman–Crippen MR) is 63.2 cm³/mol. The minimum Gasteiger partial charge on any atom is -0.358 e. The molecule has 4 heteroatoms. The summed E-state index contributed by atoms with van der Waals surface area (Å²) in [6.07, 6.45) is 2.98. The van der Waals surface area contributed by atoms with Gasteiger partial charge in [-0.15, -0.1) is 0 Å². The van der Waals surface area contributed by atoms with Crippen molar-refractivity contribution in [3.63, 3.8) is 0 Å². The third kappa shape index (κ3) is 4.25. The van der Waals surface area contributed by atoms with Crippen molar-refractivity contribution >= 4 is 5.82 Å². The SMILES string of the molecule is CCCNCCN(C)c1ccnc(C)n1. The summed E-state index contributed by atoms with van der Waals surface area (Å²) in [6.45, 7) is 7.12. The van der Waals surface area contributed by atoms with Crippen LogP contribution in [0.3, 0.4) is 0 Å². The number of nitrogens with zero attached hydrogens (tertiary/aromatic N) is 3. The Hall–Kier alpha value is -1.16. The largest absolute Gasteiger partial charge is 0.358 e. The Labute approximate surface area is 91.7 Å². The van der Waals surface area contributed by atoms with E-state index in [1.54, 1.807) is 6.20 Å². The summed E-state index contributed by atoms with van der Waals surface area (Å²) in [5, 5.41) is 3.37. The molecule has 4 nitrogen and oxygen atoms in total. The number of rotatable bonds is 6. The van der Waals surface area contributed by atoms with E-state index in [4.69, 9.17) is 0 Å². The lowest BCUT2D eigenvalue weighted by molar-refractivity contribution is 0.663. The third-order valence-electron chi connectivity index (χ3n) is 2.20. The Morgan fingerprint density at radius 3 is 2.87 bits per heavy atom. The molecule has 15 heavy (non-hydrogen) atoms. The van der Waals surface area contributed by atoms with Crippen molar-refractivity contribution in [2.24, 2.45) is 0 Å². The van der Waals surface area contributed by atoms with Crippen LogP contribution in [0.25, 0.3) is 0 Å². The second kappa shape index (κ2) is 6.35. The number of aryl methyl sites for hydroxylation is 1. The zero-order chi connectivity index (χ0) is 11.1. The summed E-state index contributed by atoms with van der Waals surface area (Å²) in [5.74, 6) is 1.81. The summed E-state index contributed by atoms with van der Waals surface area (Å²) in [4.78, 5) is 10.6. The third-order valence-corrected chi connectivity index (χ3v) is 2.20. The lowest BCUT2D eigenvalue weighted by Crippen LogP contribution is -2.30. The Bertz CT molecular complexity index is 288. The van der Waals surface area contributed by atoms with E-state index < -0.39 is 0 Å². The van der Waals surface area contributed by atoms with Gasteiger partial charge in [0.25, 0.3) is 0 Å². The number of likely N-dealkylation sites (N-methyl/N-ethyl adjacent to an activating group) is 1. The molecule has 1 aromatic rings. The molecule has 1 aromatic heterocycles. The van der Waals surface area contributed by atoms with Crippen molar-refractivity contribution in [2.75, 3.05) is 31.6 Å². The molecule has 0 fully saturated rings. The maximum atomic E-state index is 4.36. The normalized spacial score (nSPS) is 10.3. The number of nitrogens with one attached hydrogen (secondary N) is 1. The minimum atomic E-state index is 0.820. The van der Waals surface area contributed by atoms with Crippen molar-refractivity contribution in [3.8, 4) is 0 Å². The lowest BCUT2D eigenvalue weighted by atomic mass is 10.4. The standard InChI is InChI=1S/C11H20N4/c1-4-6-12-8-9-15(3)11-5-7-13-10(2)14-11/h5,7,12H,4,6,8-9H2,1-3H3. The highest BCUT2D eigenvalue weighted by Crippen LogP contribution is 2.05. The average molecular weight is 208 g/mol. The highest BCUT2D eigenvalue weighted by atomic mass is 15.2. The van der Waals surface area contributed by atoms with Crippen molar-refractivity contribution in [3.05, 3.63) is 18.1 Å². The van der Waals surface area contributed by atoms with Gasteiger partial charge in [-0.25, -0.2) is 9.97 Å². The van der Waals surface area contributed by atoms with Crippen LogP contribution in [0.5, 0.6) is 0 Å². The predicted octanol–water partition coefficient (Wildman–Crippen LogP) is 1.22. The Balaban J connectivity index is 2.36. The monoisotopic (exact) mass is 208 g/mol. The second-order valence-corrected chi connectivity index (χ2v) is 3.63. The van der Waals surface area contributed by atoms with Gasteiger partial charge in [-0.05, 0) is 26.0 Å². The van der Waals surface area contributed by atoms with Crippen molar-refractivity contribution in [1.29, 1.82) is 0 Å². The molecule has 1 rings (SSSR count). The van der Waals surface area contributed by atoms with Crippen LogP contribution in [-0.2, 0) is 0 Å². The van der Waals surface area contributed by atoms with Gasteiger partial charge in [0.15, 0.2) is 0 Å². The van der Waals surface area contributed by atoms with Gasteiger partial charge in [-0.2, -0.15) is 0 Å². The highest BCUT2D eigenvalue weighted by Gasteiger charge is 2.01. The molecule has 0 atom stereocenters. The molecule has 0 saturated carbocycles. The molecule has 0 aliphatic rings.